The van der Waals surface area contributed by atoms with Gasteiger partial charge in [0.15, 0.2) is 0 Å². The Hall–Kier alpha value is -2.89. The maximum atomic E-state index is 11.8. The van der Waals surface area contributed by atoms with Gasteiger partial charge in [-0.3, -0.25) is 10.1 Å². The lowest BCUT2D eigenvalue weighted by Crippen LogP contribution is -2.28. The van der Waals surface area contributed by atoms with E-state index in [4.69, 9.17) is 0 Å². The molecule has 2 aromatic rings. The minimum Gasteiger partial charge on any atom is -0.334 e. The van der Waals surface area contributed by atoms with E-state index in [2.05, 4.69) is 10.6 Å². The van der Waals surface area contributed by atoms with Crippen LogP contribution in [0.2, 0.25) is 0 Å². The topological polar surface area (TPSA) is 84.3 Å². The third-order valence-electron chi connectivity index (χ3n) is 3.20. The molecular formula is C16H17N3O3. The Morgan fingerprint density at radius 3 is 2.64 bits per heavy atom. The number of carbonyl (C=O) groups excluding carboxylic acids is 1. The van der Waals surface area contributed by atoms with E-state index in [-0.39, 0.29) is 5.69 Å². The summed E-state index contributed by atoms with van der Waals surface area (Å²) in [4.78, 5) is 22.3. The number of aryl methyl sites for hydroxylation is 2. The normalized spacial score (nSPS) is 10.1. The van der Waals surface area contributed by atoms with E-state index in [0.29, 0.717) is 17.8 Å². The first kappa shape index (κ1) is 15.5. The molecule has 6 nitrogen and oxygen atoms in total. The summed E-state index contributed by atoms with van der Waals surface area (Å²) in [5.41, 5.74) is 3.03. The van der Waals surface area contributed by atoms with Crippen LogP contribution in [0.25, 0.3) is 0 Å². The molecule has 22 heavy (non-hydrogen) atoms. The number of nitro benzene ring substituents is 1. The maximum Gasteiger partial charge on any atom is 0.319 e. The van der Waals surface area contributed by atoms with Crippen LogP contribution in [0.4, 0.5) is 16.2 Å². The Kier molecular flexibility index (Phi) is 4.73. The first-order valence-corrected chi connectivity index (χ1v) is 6.81. The highest BCUT2D eigenvalue weighted by Gasteiger charge is 2.12. The van der Waals surface area contributed by atoms with Crippen molar-refractivity contribution < 1.29 is 9.72 Å². The molecule has 2 amide bonds. The molecule has 2 rings (SSSR count). The van der Waals surface area contributed by atoms with Gasteiger partial charge in [-0.2, -0.15) is 0 Å². The molecule has 0 saturated heterocycles. The van der Waals surface area contributed by atoms with Crippen LogP contribution in [0.5, 0.6) is 0 Å². The number of urea groups is 1. The molecular weight excluding hydrogens is 282 g/mol. The van der Waals surface area contributed by atoms with E-state index < -0.39 is 11.0 Å². The van der Waals surface area contributed by atoms with Gasteiger partial charge >= 0.3 is 6.03 Å². The molecule has 6 heteroatoms. The van der Waals surface area contributed by atoms with Gasteiger partial charge < -0.3 is 10.6 Å². The number of carbonyl (C=O) groups is 1. The molecule has 0 bridgehead atoms. The van der Waals surface area contributed by atoms with Gasteiger partial charge in [0.1, 0.15) is 0 Å². The summed E-state index contributed by atoms with van der Waals surface area (Å²) in [7, 11) is 0. The van der Waals surface area contributed by atoms with E-state index in [9.17, 15) is 14.9 Å². The van der Waals surface area contributed by atoms with Crippen LogP contribution in [-0.4, -0.2) is 11.0 Å². The summed E-state index contributed by atoms with van der Waals surface area (Å²) >= 11 is 0. The quantitative estimate of drug-likeness (QED) is 0.669. The largest absolute Gasteiger partial charge is 0.334 e. The zero-order valence-electron chi connectivity index (χ0n) is 12.4. The maximum absolute atomic E-state index is 11.8. The number of hydrogen-bond donors (Lipinski definition) is 2. The molecule has 2 aromatic carbocycles. The lowest BCUT2D eigenvalue weighted by atomic mass is 10.1. The van der Waals surface area contributed by atoms with Gasteiger partial charge in [-0.25, -0.2) is 4.79 Å². The molecule has 0 radical (unpaired) electrons. The van der Waals surface area contributed by atoms with Crippen molar-refractivity contribution in [1.29, 1.82) is 0 Å². The van der Waals surface area contributed by atoms with Crippen molar-refractivity contribution in [3.05, 3.63) is 69.3 Å². The minimum absolute atomic E-state index is 0.0171. The SMILES string of the molecule is Cc1cccc(CNC(=O)Nc2ccc(C)c([N+](=O)[O-])c2)c1. The Morgan fingerprint density at radius 1 is 1.18 bits per heavy atom. The van der Waals surface area contributed by atoms with Crippen molar-refractivity contribution >= 4 is 17.4 Å². The van der Waals surface area contributed by atoms with Crippen LogP contribution in [0.3, 0.4) is 0 Å². The van der Waals surface area contributed by atoms with Crippen LogP contribution in [0.1, 0.15) is 16.7 Å². The van der Waals surface area contributed by atoms with Crippen molar-refractivity contribution in [2.75, 3.05) is 5.32 Å². The Labute approximate surface area is 128 Å². The molecule has 0 heterocycles. The van der Waals surface area contributed by atoms with Crippen LogP contribution >= 0.6 is 0 Å². The smallest absolute Gasteiger partial charge is 0.319 e. The summed E-state index contributed by atoms with van der Waals surface area (Å²) in [6, 6.07) is 12.0. The van der Waals surface area contributed by atoms with Crippen molar-refractivity contribution in [1.82, 2.24) is 5.32 Å². The number of nitrogens with one attached hydrogen (secondary N) is 2. The number of amides is 2. The minimum atomic E-state index is -0.467. The third-order valence-corrected chi connectivity index (χ3v) is 3.20. The summed E-state index contributed by atoms with van der Waals surface area (Å²) < 4.78 is 0. The van der Waals surface area contributed by atoms with Crippen LogP contribution < -0.4 is 10.6 Å². The molecule has 0 unspecified atom stereocenters. The molecule has 0 atom stereocenters. The van der Waals surface area contributed by atoms with E-state index in [1.54, 1.807) is 19.1 Å². The zero-order valence-corrected chi connectivity index (χ0v) is 12.4. The lowest BCUT2D eigenvalue weighted by Gasteiger charge is -2.08. The molecule has 0 fully saturated rings. The first-order valence-electron chi connectivity index (χ1n) is 6.81. The van der Waals surface area contributed by atoms with Crippen molar-refractivity contribution in [2.45, 2.75) is 20.4 Å². The standard InChI is InChI=1S/C16H17N3O3/c1-11-4-3-5-13(8-11)10-17-16(20)18-14-7-6-12(2)15(9-14)19(21)22/h3-9H,10H2,1-2H3,(H2,17,18,20). The molecule has 114 valence electrons. The zero-order chi connectivity index (χ0) is 16.1. The Bertz CT molecular complexity index is 714. The van der Waals surface area contributed by atoms with Gasteiger partial charge in [-0.1, -0.05) is 35.9 Å². The Balaban J connectivity index is 1.97. The van der Waals surface area contributed by atoms with Gasteiger partial charge in [0.05, 0.1) is 4.92 Å². The average Bonchev–Trinajstić information content (AvgIpc) is 2.47. The highest BCUT2D eigenvalue weighted by molar-refractivity contribution is 5.89. The highest BCUT2D eigenvalue weighted by atomic mass is 16.6. The van der Waals surface area contributed by atoms with Crippen LogP contribution in [0.15, 0.2) is 42.5 Å². The fourth-order valence-electron chi connectivity index (χ4n) is 2.06. The van der Waals surface area contributed by atoms with E-state index in [1.807, 2.05) is 31.2 Å². The number of anilines is 1. The van der Waals surface area contributed by atoms with Gasteiger partial charge in [0.2, 0.25) is 0 Å². The molecule has 0 aliphatic carbocycles. The summed E-state index contributed by atoms with van der Waals surface area (Å²) in [5.74, 6) is 0. The average molecular weight is 299 g/mol. The molecule has 0 aromatic heterocycles. The predicted octanol–water partition coefficient (Wildman–Crippen LogP) is 3.53. The van der Waals surface area contributed by atoms with Crippen LogP contribution in [-0.2, 0) is 6.54 Å². The second-order valence-electron chi connectivity index (χ2n) is 5.06. The van der Waals surface area contributed by atoms with Crippen molar-refractivity contribution in [3.8, 4) is 0 Å². The summed E-state index contributed by atoms with van der Waals surface area (Å²) in [6.07, 6.45) is 0. The van der Waals surface area contributed by atoms with Gasteiger partial charge in [0.25, 0.3) is 5.69 Å². The van der Waals surface area contributed by atoms with E-state index >= 15 is 0 Å². The fraction of sp³-hybridized carbons (Fsp3) is 0.188. The second-order valence-corrected chi connectivity index (χ2v) is 5.06. The second kappa shape index (κ2) is 6.71. The molecule has 0 aliphatic rings. The molecule has 2 N–H and O–H groups in total. The van der Waals surface area contributed by atoms with Gasteiger partial charge in [-0.05, 0) is 25.5 Å². The van der Waals surface area contributed by atoms with E-state index in [0.717, 1.165) is 11.1 Å². The summed E-state index contributed by atoms with van der Waals surface area (Å²) in [5, 5.41) is 16.2. The monoisotopic (exact) mass is 299 g/mol. The number of benzene rings is 2. The first-order chi connectivity index (χ1) is 10.5. The van der Waals surface area contributed by atoms with Crippen molar-refractivity contribution in [2.24, 2.45) is 0 Å². The van der Waals surface area contributed by atoms with Crippen LogP contribution in [0, 0.1) is 24.0 Å². The lowest BCUT2D eigenvalue weighted by molar-refractivity contribution is -0.385. The number of rotatable bonds is 4. The molecule has 0 aliphatic heterocycles. The predicted molar refractivity (Wildman–Crippen MR) is 84.9 cm³/mol. The number of nitro groups is 1. The molecule has 0 spiro atoms. The number of nitrogens with zero attached hydrogens (tertiary/aromatic N) is 1. The number of hydrogen-bond acceptors (Lipinski definition) is 3. The van der Waals surface area contributed by atoms with Gasteiger partial charge in [-0.15, -0.1) is 0 Å². The Morgan fingerprint density at radius 2 is 1.95 bits per heavy atom. The fourth-order valence-corrected chi connectivity index (χ4v) is 2.06. The van der Waals surface area contributed by atoms with Gasteiger partial charge in [0, 0.05) is 23.9 Å². The van der Waals surface area contributed by atoms with Crippen molar-refractivity contribution in [3.63, 3.8) is 0 Å². The summed E-state index contributed by atoms with van der Waals surface area (Å²) in [6.45, 7) is 4.02. The van der Waals surface area contributed by atoms with E-state index in [1.165, 1.54) is 6.07 Å². The third kappa shape index (κ3) is 4.05. The highest BCUT2D eigenvalue weighted by Crippen LogP contribution is 2.22. The molecule has 0 saturated carbocycles.